The van der Waals surface area contributed by atoms with Crippen molar-refractivity contribution in [1.82, 2.24) is 5.32 Å². The maximum atomic E-state index is 11.9. The van der Waals surface area contributed by atoms with Crippen molar-refractivity contribution in [2.75, 3.05) is 6.61 Å². The molecule has 17 heavy (non-hydrogen) atoms. The molecule has 1 rings (SSSR count). The first kappa shape index (κ1) is 14.2. The van der Waals surface area contributed by atoms with Crippen LogP contribution in [0.3, 0.4) is 0 Å². The van der Waals surface area contributed by atoms with Crippen molar-refractivity contribution >= 4 is 21.9 Å². The Morgan fingerprint density at radius 1 is 1.41 bits per heavy atom. The average molecular weight is 300 g/mol. The van der Waals surface area contributed by atoms with Gasteiger partial charge >= 0.3 is 5.97 Å². The summed E-state index contributed by atoms with van der Waals surface area (Å²) in [5, 5.41) is 3.22. The van der Waals surface area contributed by atoms with Crippen LogP contribution in [-0.4, -0.2) is 18.6 Å². The number of benzene rings is 1. The Kier molecular flexibility index (Phi) is 5.65. The van der Waals surface area contributed by atoms with Gasteiger partial charge in [0.15, 0.2) is 0 Å². The number of rotatable bonds is 5. The fourth-order valence-electron chi connectivity index (χ4n) is 1.55. The van der Waals surface area contributed by atoms with E-state index in [1.807, 2.05) is 45.0 Å². The van der Waals surface area contributed by atoms with Crippen LogP contribution in [0, 0.1) is 0 Å². The third kappa shape index (κ3) is 4.13. The van der Waals surface area contributed by atoms with Crippen molar-refractivity contribution in [3.05, 3.63) is 34.3 Å². The van der Waals surface area contributed by atoms with Crippen molar-refractivity contribution in [3.8, 4) is 0 Å². The predicted molar refractivity (Wildman–Crippen MR) is 71.8 cm³/mol. The van der Waals surface area contributed by atoms with Gasteiger partial charge in [-0.2, -0.15) is 0 Å². The van der Waals surface area contributed by atoms with Gasteiger partial charge in [0.2, 0.25) is 0 Å². The second-order valence-corrected chi connectivity index (χ2v) is 4.88. The highest BCUT2D eigenvalue weighted by molar-refractivity contribution is 9.10. The normalized spacial score (nSPS) is 12.5. The van der Waals surface area contributed by atoms with Crippen molar-refractivity contribution in [2.24, 2.45) is 0 Å². The third-order valence-electron chi connectivity index (χ3n) is 2.24. The van der Waals surface area contributed by atoms with Gasteiger partial charge in [0.1, 0.15) is 6.04 Å². The molecule has 0 fully saturated rings. The molecular formula is C13H18BrNO2. The Bertz CT molecular complexity index is 379. The van der Waals surface area contributed by atoms with Gasteiger partial charge in [-0.3, -0.25) is 5.32 Å². The molecule has 0 aliphatic rings. The van der Waals surface area contributed by atoms with Gasteiger partial charge in [0.05, 0.1) is 6.61 Å². The number of carbonyl (C=O) groups excluding carboxylic acids is 1. The molecule has 1 N–H and O–H groups in total. The highest BCUT2D eigenvalue weighted by Gasteiger charge is 2.24. The predicted octanol–water partition coefficient (Wildman–Crippen LogP) is 3.05. The molecule has 0 spiro atoms. The van der Waals surface area contributed by atoms with Gasteiger partial charge in [0, 0.05) is 10.5 Å². The first-order chi connectivity index (χ1) is 8.06. The van der Waals surface area contributed by atoms with Gasteiger partial charge in [-0.05, 0) is 32.4 Å². The van der Waals surface area contributed by atoms with E-state index in [4.69, 9.17) is 4.74 Å². The monoisotopic (exact) mass is 299 g/mol. The van der Waals surface area contributed by atoms with Gasteiger partial charge in [0.25, 0.3) is 0 Å². The van der Waals surface area contributed by atoms with E-state index in [0.29, 0.717) is 6.61 Å². The molecule has 1 aromatic rings. The van der Waals surface area contributed by atoms with E-state index in [1.165, 1.54) is 0 Å². The van der Waals surface area contributed by atoms with Crippen molar-refractivity contribution < 1.29 is 9.53 Å². The lowest BCUT2D eigenvalue weighted by atomic mass is 10.1. The van der Waals surface area contributed by atoms with Gasteiger partial charge in [-0.1, -0.05) is 34.1 Å². The summed E-state index contributed by atoms with van der Waals surface area (Å²) < 4.78 is 6.00. The molecule has 1 aromatic carbocycles. The molecule has 0 radical (unpaired) electrons. The number of esters is 1. The summed E-state index contributed by atoms with van der Waals surface area (Å²) >= 11 is 3.46. The molecule has 4 heteroatoms. The molecule has 0 bridgehead atoms. The lowest BCUT2D eigenvalue weighted by Gasteiger charge is -2.21. The molecular weight excluding hydrogens is 282 g/mol. The Labute approximate surface area is 111 Å². The van der Waals surface area contributed by atoms with Crippen LogP contribution in [0.15, 0.2) is 28.7 Å². The lowest BCUT2D eigenvalue weighted by Crippen LogP contribution is -2.35. The van der Waals surface area contributed by atoms with Crippen molar-refractivity contribution in [3.63, 3.8) is 0 Å². The highest BCUT2D eigenvalue weighted by atomic mass is 79.9. The van der Waals surface area contributed by atoms with Crippen LogP contribution in [0.4, 0.5) is 0 Å². The van der Waals surface area contributed by atoms with E-state index in [1.54, 1.807) is 0 Å². The van der Waals surface area contributed by atoms with E-state index in [2.05, 4.69) is 21.2 Å². The molecule has 0 amide bonds. The minimum atomic E-state index is -0.425. The maximum Gasteiger partial charge on any atom is 0.327 e. The molecule has 0 saturated carbocycles. The molecule has 0 saturated heterocycles. The van der Waals surface area contributed by atoms with E-state index >= 15 is 0 Å². The summed E-state index contributed by atoms with van der Waals surface area (Å²) in [5.41, 5.74) is 0.902. The standard InChI is InChI=1S/C13H18BrNO2/c1-4-17-13(16)12(15-9(2)3)10-7-5-6-8-11(10)14/h5-9,12,15H,4H2,1-3H3. The second kappa shape index (κ2) is 6.77. The van der Waals surface area contributed by atoms with Crippen molar-refractivity contribution in [1.29, 1.82) is 0 Å². The SMILES string of the molecule is CCOC(=O)C(NC(C)C)c1ccccc1Br. The summed E-state index contributed by atoms with van der Waals surface area (Å²) in [5.74, 6) is -0.242. The minimum Gasteiger partial charge on any atom is -0.465 e. The minimum absolute atomic E-state index is 0.205. The quantitative estimate of drug-likeness (QED) is 0.849. The largest absolute Gasteiger partial charge is 0.465 e. The van der Waals surface area contributed by atoms with Crippen LogP contribution >= 0.6 is 15.9 Å². The van der Waals surface area contributed by atoms with Crippen LogP contribution in [0.5, 0.6) is 0 Å². The molecule has 0 aliphatic heterocycles. The van der Waals surface area contributed by atoms with Crippen LogP contribution in [0.1, 0.15) is 32.4 Å². The zero-order chi connectivity index (χ0) is 12.8. The molecule has 3 nitrogen and oxygen atoms in total. The molecule has 0 aliphatic carbocycles. The van der Waals surface area contributed by atoms with Crippen molar-refractivity contribution in [2.45, 2.75) is 32.9 Å². The van der Waals surface area contributed by atoms with Crippen LogP contribution < -0.4 is 5.32 Å². The van der Waals surface area contributed by atoms with Gasteiger partial charge in [-0.15, -0.1) is 0 Å². The molecule has 0 aromatic heterocycles. The van der Waals surface area contributed by atoms with E-state index in [9.17, 15) is 4.79 Å². The summed E-state index contributed by atoms with van der Waals surface area (Å²) in [4.78, 5) is 11.9. The molecule has 0 heterocycles. The van der Waals surface area contributed by atoms with Gasteiger partial charge < -0.3 is 4.74 Å². The van der Waals surface area contributed by atoms with Crippen LogP contribution in [0.2, 0.25) is 0 Å². The number of carbonyl (C=O) groups is 1. The number of halogens is 1. The Balaban J connectivity index is 2.97. The number of hydrogen-bond donors (Lipinski definition) is 1. The van der Waals surface area contributed by atoms with Crippen LogP contribution in [-0.2, 0) is 9.53 Å². The number of nitrogens with one attached hydrogen (secondary N) is 1. The summed E-state index contributed by atoms with van der Waals surface area (Å²) in [6.07, 6.45) is 0. The first-order valence-electron chi connectivity index (χ1n) is 5.73. The van der Waals surface area contributed by atoms with E-state index in [0.717, 1.165) is 10.0 Å². The third-order valence-corrected chi connectivity index (χ3v) is 2.96. The fraction of sp³-hybridized carbons (Fsp3) is 0.462. The van der Waals surface area contributed by atoms with E-state index < -0.39 is 6.04 Å². The topological polar surface area (TPSA) is 38.3 Å². The maximum absolute atomic E-state index is 11.9. The summed E-state index contributed by atoms with van der Waals surface area (Å²) in [7, 11) is 0. The van der Waals surface area contributed by atoms with Gasteiger partial charge in [-0.25, -0.2) is 4.79 Å². The first-order valence-corrected chi connectivity index (χ1v) is 6.52. The highest BCUT2D eigenvalue weighted by Crippen LogP contribution is 2.24. The fourth-order valence-corrected chi connectivity index (χ4v) is 2.07. The Morgan fingerprint density at radius 2 is 2.06 bits per heavy atom. The average Bonchev–Trinajstić information content (AvgIpc) is 2.27. The molecule has 1 unspecified atom stereocenters. The smallest absolute Gasteiger partial charge is 0.327 e. The van der Waals surface area contributed by atoms with Crippen LogP contribution in [0.25, 0.3) is 0 Å². The molecule has 1 atom stereocenters. The second-order valence-electron chi connectivity index (χ2n) is 4.03. The summed E-state index contributed by atoms with van der Waals surface area (Å²) in [6.45, 7) is 6.20. The Hall–Kier alpha value is -0.870. The zero-order valence-electron chi connectivity index (χ0n) is 10.4. The van der Waals surface area contributed by atoms with E-state index in [-0.39, 0.29) is 12.0 Å². The summed E-state index contributed by atoms with van der Waals surface area (Å²) in [6, 6.07) is 7.45. The number of ether oxygens (including phenoxy) is 1. The lowest BCUT2D eigenvalue weighted by molar-refractivity contribution is -0.146. The number of hydrogen-bond acceptors (Lipinski definition) is 3. The zero-order valence-corrected chi connectivity index (χ0v) is 12.0. The molecule has 94 valence electrons. The Morgan fingerprint density at radius 3 is 2.59 bits per heavy atom.